The molecule has 2 fully saturated rings. The van der Waals surface area contributed by atoms with Crippen LogP contribution in [-0.2, 0) is 11.3 Å². The van der Waals surface area contributed by atoms with Gasteiger partial charge in [-0.05, 0) is 44.0 Å². The summed E-state index contributed by atoms with van der Waals surface area (Å²) >= 11 is 0. The lowest BCUT2D eigenvalue weighted by atomic mass is 10.2. The van der Waals surface area contributed by atoms with Gasteiger partial charge in [0.25, 0.3) is 0 Å². The van der Waals surface area contributed by atoms with Crippen LogP contribution in [0.15, 0.2) is 30.5 Å². The van der Waals surface area contributed by atoms with Gasteiger partial charge in [-0.2, -0.15) is 5.10 Å². The summed E-state index contributed by atoms with van der Waals surface area (Å²) in [7, 11) is 0. The molecule has 0 saturated carbocycles. The highest BCUT2D eigenvalue weighted by molar-refractivity contribution is 5.90. The fourth-order valence-corrected chi connectivity index (χ4v) is 4.38. The van der Waals surface area contributed by atoms with Gasteiger partial charge in [-0.1, -0.05) is 0 Å². The lowest BCUT2D eigenvalue weighted by Gasteiger charge is -2.33. The van der Waals surface area contributed by atoms with E-state index in [1.165, 1.54) is 0 Å². The zero-order valence-electron chi connectivity index (χ0n) is 18.0. The lowest BCUT2D eigenvalue weighted by molar-refractivity contribution is 0.0303. The van der Waals surface area contributed by atoms with Crippen molar-refractivity contribution in [1.29, 1.82) is 0 Å². The van der Waals surface area contributed by atoms with Crippen molar-refractivity contribution in [3.63, 3.8) is 0 Å². The number of aliphatic hydroxyl groups is 1. The molecule has 3 aromatic rings. The summed E-state index contributed by atoms with van der Waals surface area (Å²) in [6, 6.07) is 7.05. The molecule has 2 aliphatic heterocycles. The number of morpholine rings is 1. The molecule has 32 heavy (non-hydrogen) atoms. The predicted octanol–water partition coefficient (Wildman–Crippen LogP) is 1.99. The van der Waals surface area contributed by atoms with Gasteiger partial charge in [0.1, 0.15) is 5.82 Å². The van der Waals surface area contributed by atoms with Crippen LogP contribution in [0, 0.1) is 0 Å². The number of nitrogens with zero attached hydrogens (tertiary/aromatic N) is 5. The molecule has 1 aromatic carbocycles. The Labute approximate surface area is 185 Å². The molecule has 0 radical (unpaired) electrons. The van der Waals surface area contributed by atoms with E-state index in [9.17, 15) is 4.79 Å². The van der Waals surface area contributed by atoms with Crippen molar-refractivity contribution in [3.05, 3.63) is 30.5 Å². The molecule has 2 aliphatic rings. The number of benzene rings is 1. The molecule has 168 valence electrons. The maximum atomic E-state index is 11.8. The summed E-state index contributed by atoms with van der Waals surface area (Å²) in [5, 5.41) is 19.6. The first-order chi connectivity index (χ1) is 15.6. The lowest BCUT2D eigenvalue weighted by Crippen LogP contribution is -2.43. The molecule has 5 rings (SSSR count). The van der Waals surface area contributed by atoms with Gasteiger partial charge < -0.3 is 25.4 Å². The summed E-state index contributed by atoms with van der Waals surface area (Å²) in [6.07, 6.45) is 4.55. The fourth-order valence-electron chi connectivity index (χ4n) is 4.38. The van der Waals surface area contributed by atoms with Crippen LogP contribution in [0.3, 0.4) is 0 Å². The topological polar surface area (TPSA) is 117 Å². The summed E-state index contributed by atoms with van der Waals surface area (Å²) in [5.74, 6) is 1.52. The number of nitrogens with one attached hydrogen (secondary N) is 2. The number of urea groups is 1. The quantitative estimate of drug-likeness (QED) is 0.540. The Hall–Kier alpha value is -3.24. The molecule has 0 aliphatic carbocycles. The second kappa shape index (κ2) is 8.71. The summed E-state index contributed by atoms with van der Waals surface area (Å²) < 4.78 is 7.90. The molecule has 10 nitrogen and oxygen atoms in total. The normalized spacial score (nSPS) is 20.0. The standard InChI is InChI=1S/C22H27N7O3/c1-2-29-21-18(11-24-29)20(28-12-16-7-8-17(13-28)32-16)26-19(27-21)14-3-5-15(6-4-14)25-22(31)23-9-10-30/h3-6,11,16-17,30H,2,7-10,12-13H2,1H3,(H2,23,25,31). The Morgan fingerprint density at radius 3 is 2.62 bits per heavy atom. The van der Waals surface area contributed by atoms with Gasteiger partial charge in [0.15, 0.2) is 11.5 Å². The molecule has 2 atom stereocenters. The monoisotopic (exact) mass is 437 g/mol. The highest BCUT2D eigenvalue weighted by Crippen LogP contribution is 2.33. The molecule has 2 saturated heterocycles. The maximum Gasteiger partial charge on any atom is 0.319 e. The molecule has 2 unspecified atom stereocenters. The molecule has 2 amide bonds. The first-order valence-electron chi connectivity index (χ1n) is 11.0. The number of hydrogen-bond acceptors (Lipinski definition) is 7. The number of anilines is 2. The number of rotatable bonds is 6. The van der Waals surface area contributed by atoms with E-state index < -0.39 is 0 Å². The Morgan fingerprint density at radius 1 is 1.19 bits per heavy atom. The number of carbonyl (C=O) groups is 1. The molecule has 10 heteroatoms. The minimum Gasteiger partial charge on any atom is -0.395 e. The average Bonchev–Trinajstić information content (AvgIpc) is 3.39. The van der Waals surface area contributed by atoms with Gasteiger partial charge in [-0.25, -0.2) is 19.4 Å². The van der Waals surface area contributed by atoms with Gasteiger partial charge in [-0.15, -0.1) is 0 Å². The number of ether oxygens (including phenoxy) is 1. The van der Waals surface area contributed by atoms with Crippen molar-refractivity contribution in [2.45, 2.75) is 38.5 Å². The van der Waals surface area contributed by atoms with E-state index >= 15 is 0 Å². The number of carbonyl (C=O) groups excluding carboxylic acids is 1. The fraction of sp³-hybridized carbons (Fsp3) is 0.455. The van der Waals surface area contributed by atoms with E-state index in [1.54, 1.807) is 0 Å². The Balaban J connectivity index is 1.47. The number of aromatic nitrogens is 4. The zero-order chi connectivity index (χ0) is 22.1. The second-order valence-electron chi connectivity index (χ2n) is 8.11. The van der Waals surface area contributed by atoms with E-state index in [0.29, 0.717) is 11.5 Å². The zero-order valence-corrected chi connectivity index (χ0v) is 18.0. The van der Waals surface area contributed by atoms with Crippen LogP contribution in [0.4, 0.5) is 16.3 Å². The van der Waals surface area contributed by atoms with Crippen molar-refractivity contribution in [2.75, 3.05) is 36.5 Å². The number of amides is 2. The second-order valence-corrected chi connectivity index (χ2v) is 8.11. The van der Waals surface area contributed by atoms with E-state index in [4.69, 9.17) is 19.8 Å². The van der Waals surface area contributed by atoms with Crippen LogP contribution in [0.1, 0.15) is 19.8 Å². The van der Waals surface area contributed by atoms with Crippen molar-refractivity contribution >= 4 is 28.6 Å². The van der Waals surface area contributed by atoms with E-state index in [-0.39, 0.29) is 31.4 Å². The van der Waals surface area contributed by atoms with Gasteiger partial charge in [0.2, 0.25) is 0 Å². The first kappa shape index (κ1) is 20.7. The predicted molar refractivity (Wildman–Crippen MR) is 121 cm³/mol. The number of aliphatic hydroxyl groups excluding tert-OH is 1. The summed E-state index contributed by atoms with van der Waals surface area (Å²) in [6.45, 7) is 4.52. The summed E-state index contributed by atoms with van der Waals surface area (Å²) in [4.78, 5) is 23.9. The Bertz CT molecular complexity index is 1100. The van der Waals surface area contributed by atoms with Gasteiger partial charge >= 0.3 is 6.03 Å². The molecule has 3 N–H and O–H groups in total. The molecule has 0 spiro atoms. The third-order valence-corrected chi connectivity index (χ3v) is 5.92. The van der Waals surface area contributed by atoms with E-state index in [2.05, 4.69) is 20.6 Å². The first-order valence-corrected chi connectivity index (χ1v) is 11.0. The highest BCUT2D eigenvalue weighted by atomic mass is 16.5. The number of aryl methyl sites for hydroxylation is 1. The van der Waals surface area contributed by atoms with Crippen molar-refractivity contribution < 1.29 is 14.6 Å². The molecular formula is C22H27N7O3. The third-order valence-electron chi connectivity index (χ3n) is 5.92. The maximum absolute atomic E-state index is 11.8. The average molecular weight is 438 g/mol. The smallest absolute Gasteiger partial charge is 0.319 e. The number of fused-ring (bicyclic) bond motifs is 3. The molecule has 2 bridgehead atoms. The minimum absolute atomic E-state index is 0.104. The van der Waals surface area contributed by atoms with Crippen LogP contribution in [0.25, 0.3) is 22.4 Å². The molecule has 2 aromatic heterocycles. The van der Waals surface area contributed by atoms with Gasteiger partial charge in [-0.3, -0.25) is 0 Å². The van der Waals surface area contributed by atoms with Crippen molar-refractivity contribution in [3.8, 4) is 11.4 Å². The van der Waals surface area contributed by atoms with Crippen LogP contribution in [0.5, 0.6) is 0 Å². The van der Waals surface area contributed by atoms with Crippen molar-refractivity contribution in [2.24, 2.45) is 0 Å². The number of hydrogen-bond donors (Lipinski definition) is 3. The van der Waals surface area contributed by atoms with Gasteiger partial charge in [0.05, 0.1) is 30.4 Å². The minimum atomic E-state index is -0.361. The van der Waals surface area contributed by atoms with Crippen LogP contribution >= 0.6 is 0 Å². The third kappa shape index (κ3) is 3.98. The Kier molecular flexibility index (Phi) is 5.62. The van der Waals surface area contributed by atoms with Crippen LogP contribution < -0.4 is 15.5 Å². The molecule has 4 heterocycles. The van der Waals surface area contributed by atoms with Gasteiger partial charge in [0, 0.05) is 37.4 Å². The highest BCUT2D eigenvalue weighted by Gasteiger charge is 2.35. The molecular weight excluding hydrogens is 410 g/mol. The Morgan fingerprint density at radius 2 is 1.94 bits per heavy atom. The van der Waals surface area contributed by atoms with Crippen LogP contribution in [0.2, 0.25) is 0 Å². The van der Waals surface area contributed by atoms with Crippen LogP contribution in [-0.4, -0.2) is 69.3 Å². The summed E-state index contributed by atoms with van der Waals surface area (Å²) in [5.41, 5.74) is 2.32. The van der Waals surface area contributed by atoms with E-state index in [1.807, 2.05) is 42.1 Å². The van der Waals surface area contributed by atoms with E-state index in [0.717, 1.165) is 54.9 Å². The largest absolute Gasteiger partial charge is 0.395 e. The van der Waals surface area contributed by atoms with Crippen molar-refractivity contribution in [1.82, 2.24) is 25.1 Å². The SMILES string of the molecule is CCn1ncc2c(N3CC4CCC(C3)O4)nc(-c3ccc(NC(=O)NCCO)cc3)nc21.